The first kappa shape index (κ1) is 9.79. The summed E-state index contributed by atoms with van der Waals surface area (Å²) in [6.45, 7) is 5.87. The van der Waals surface area contributed by atoms with E-state index in [0.717, 1.165) is 12.8 Å². The summed E-state index contributed by atoms with van der Waals surface area (Å²) in [6, 6.07) is 2.09. The molecule has 1 amide bonds. The van der Waals surface area contributed by atoms with Gasteiger partial charge >= 0.3 is 0 Å². The average molecular weight is 178 g/mol. The van der Waals surface area contributed by atoms with Crippen LogP contribution in [0.4, 0.5) is 0 Å². The van der Waals surface area contributed by atoms with Crippen molar-refractivity contribution >= 4 is 5.91 Å². The fraction of sp³-hybridized carbons (Fsp3) is 0.600. The predicted molar refractivity (Wildman–Crippen MR) is 49.7 cm³/mol. The number of carbonyl (C=O) groups is 1. The Labute approximate surface area is 78.4 Å². The Hall–Kier alpha value is -1.30. The summed E-state index contributed by atoms with van der Waals surface area (Å²) in [4.78, 5) is 11.0. The molecule has 70 valence electrons. The highest BCUT2D eigenvalue weighted by atomic mass is 16.1. The van der Waals surface area contributed by atoms with Crippen molar-refractivity contribution in [3.05, 3.63) is 12.2 Å². The summed E-state index contributed by atoms with van der Waals surface area (Å²) in [7, 11) is 0. The highest BCUT2D eigenvalue weighted by molar-refractivity contribution is 5.78. The minimum Gasteiger partial charge on any atom is -0.352 e. The van der Waals surface area contributed by atoms with E-state index in [4.69, 9.17) is 5.26 Å². The van der Waals surface area contributed by atoms with Crippen molar-refractivity contribution in [1.82, 2.24) is 5.32 Å². The molecule has 0 aromatic rings. The summed E-state index contributed by atoms with van der Waals surface area (Å²) >= 11 is 0. The lowest BCUT2D eigenvalue weighted by Crippen LogP contribution is -2.44. The number of hydrogen-bond donors (Lipinski definition) is 1. The third-order valence-corrected chi connectivity index (χ3v) is 2.44. The van der Waals surface area contributed by atoms with Crippen molar-refractivity contribution in [2.75, 3.05) is 0 Å². The topological polar surface area (TPSA) is 52.9 Å². The quantitative estimate of drug-likeness (QED) is 0.663. The molecule has 0 aromatic carbocycles. The monoisotopic (exact) mass is 178 g/mol. The zero-order valence-electron chi connectivity index (χ0n) is 7.84. The second-order valence-corrected chi connectivity index (χ2v) is 3.61. The van der Waals surface area contributed by atoms with Gasteiger partial charge in [0.2, 0.25) is 5.91 Å². The smallest absolute Gasteiger partial charge is 0.234 e. The van der Waals surface area contributed by atoms with E-state index in [1.165, 1.54) is 5.57 Å². The molecule has 0 bridgehead atoms. The van der Waals surface area contributed by atoms with Crippen LogP contribution in [-0.4, -0.2) is 11.9 Å². The molecule has 0 spiro atoms. The number of amides is 1. The maximum atomic E-state index is 11.0. The van der Waals surface area contributed by atoms with Crippen LogP contribution in [0, 0.1) is 17.2 Å². The van der Waals surface area contributed by atoms with Gasteiger partial charge in [-0.25, -0.2) is 0 Å². The maximum absolute atomic E-state index is 11.0. The van der Waals surface area contributed by atoms with Crippen molar-refractivity contribution in [2.24, 2.45) is 5.92 Å². The number of allylic oxidation sites excluding steroid dienone is 1. The Morgan fingerprint density at radius 1 is 1.69 bits per heavy atom. The molecule has 1 aliphatic carbocycles. The number of nitriles is 1. The van der Waals surface area contributed by atoms with Crippen LogP contribution in [0.2, 0.25) is 0 Å². The van der Waals surface area contributed by atoms with Crippen LogP contribution in [0.5, 0.6) is 0 Å². The van der Waals surface area contributed by atoms with Crippen molar-refractivity contribution < 1.29 is 4.79 Å². The van der Waals surface area contributed by atoms with Crippen molar-refractivity contribution in [3.8, 4) is 6.07 Å². The highest BCUT2D eigenvalue weighted by Crippen LogP contribution is 2.32. The largest absolute Gasteiger partial charge is 0.352 e. The minimum absolute atomic E-state index is 0.0335. The van der Waals surface area contributed by atoms with E-state index in [1.807, 2.05) is 13.0 Å². The lowest BCUT2D eigenvalue weighted by atomic mass is 9.76. The second-order valence-electron chi connectivity index (χ2n) is 3.61. The van der Waals surface area contributed by atoms with Crippen LogP contribution < -0.4 is 5.32 Å². The standard InChI is InChI=1S/C10H14N2O/c1-7(2)8-5-9(6-8)12-10(13)3-4-11/h8-9H,1,3,5-6H2,2H3,(H,12,13). The molecular weight excluding hydrogens is 164 g/mol. The van der Waals surface area contributed by atoms with Gasteiger partial charge in [-0.3, -0.25) is 4.79 Å². The summed E-state index contributed by atoms with van der Waals surface area (Å²) in [5.41, 5.74) is 1.19. The molecule has 0 saturated heterocycles. The van der Waals surface area contributed by atoms with Crippen LogP contribution in [0.25, 0.3) is 0 Å². The van der Waals surface area contributed by atoms with Gasteiger partial charge in [0.1, 0.15) is 6.42 Å². The molecule has 0 atom stereocenters. The predicted octanol–water partition coefficient (Wildman–Crippen LogP) is 1.37. The first-order valence-electron chi connectivity index (χ1n) is 4.45. The number of carbonyl (C=O) groups excluding carboxylic acids is 1. The number of rotatable bonds is 3. The van der Waals surface area contributed by atoms with Crippen molar-refractivity contribution in [2.45, 2.75) is 32.2 Å². The molecule has 3 nitrogen and oxygen atoms in total. The lowest BCUT2D eigenvalue weighted by Gasteiger charge is -2.36. The SMILES string of the molecule is C=C(C)C1CC(NC(=O)CC#N)C1. The number of hydrogen-bond acceptors (Lipinski definition) is 2. The van der Waals surface area contributed by atoms with Gasteiger partial charge in [-0.05, 0) is 25.7 Å². The fourth-order valence-corrected chi connectivity index (χ4v) is 1.49. The maximum Gasteiger partial charge on any atom is 0.234 e. The van der Waals surface area contributed by atoms with Gasteiger partial charge in [-0.1, -0.05) is 12.2 Å². The van der Waals surface area contributed by atoms with Gasteiger partial charge in [0.25, 0.3) is 0 Å². The first-order chi connectivity index (χ1) is 6.13. The molecule has 1 fully saturated rings. The van der Waals surface area contributed by atoms with Gasteiger partial charge in [-0.2, -0.15) is 5.26 Å². The summed E-state index contributed by atoms with van der Waals surface area (Å²) < 4.78 is 0. The molecule has 1 N–H and O–H groups in total. The normalized spacial score (nSPS) is 25.5. The molecule has 0 heterocycles. The van der Waals surface area contributed by atoms with Gasteiger partial charge < -0.3 is 5.32 Å². The van der Waals surface area contributed by atoms with E-state index in [2.05, 4.69) is 11.9 Å². The Balaban J connectivity index is 2.19. The first-order valence-corrected chi connectivity index (χ1v) is 4.45. The minimum atomic E-state index is -0.160. The molecular formula is C10H14N2O. The summed E-state index contributed by atoms with van der Waals surface area (Å²) in [5.74, 6) is 0.403. The van der Waals surface area contributed by atoms with E-state index >= 15 is 0 Å². The lowest BCUT2D eigenvalue weighted by molar-refractivity contribution is -0.121. The van der Waals surface area contributed by atoms with E-state index < -0.39 is 0 Å². The fourth-order valence-electron chi connectivity index (χ4n) is 1.49. The molecule has 0 radical (unpaired) electrons. The molecule has 3 heteroatoms. The van der Waals surface area contributed by atoms with E-state index in [9.17, 15) is 4.79 Å². The van der Waals surface area contributed by atoms with Gasteiger partial charge in [0.15, 0.2) is 0 Å². The van der Waals surface area contributed by atoms with Crippen LogP contribution in [0.1, 0.15) is 26.2 Å². The molecule has 1 aliphatic rings. The average Bonchev–Trinajstić information content (AvgIpc) is 1.95. The zero-order chi connectivity index (χ0) is 9.84. The van der Waals surface area contributed by atoms with Crippen molar-refractivity contribution in [3.63, 3.8) is 0 Å². The van der Waals surface area contributed by atoms with Crippen molar-refractivity contribution in [1.29, 1.82) is 5.26 Å². The third-order valence-electron chi connectivity index (χ3n) is 2.44. The molecule has 1 saturated carbocycles. The van der Waals surface area contributed by atoms with Gasteiger partial charge in [-0.15, -0.1) is 0 Å². The highest BCUT2D eigenvalue weighted by Gasteiger charge is 2.30. The van der Waals surface area contributed by atoms with Gasteiger partial charge in [0.05, 0.1) is 6.07 Å². The van der Waals surface area contributed by atoms with Crippen LogP contribution >= 0.6 is 0 Å². The Morgan fingerprint density at radius 2 is 2.31 bits per heavy atom. The Morgan fingerprint density at radius 3 is 2.77 bits per heavy atom. The third kappa shape index (κ3) is 2.59. The van der Waals surface area contributed by atoms with Crippen LogP contribution in [0.15, 0.2) is 12.2 Å². The van der Waals surface area contributed by atoms with E-state index in [0.29, 0.717) is 5.92 Å². The Bertz CT molecular complexity index is 259. The van der Waals surface area contributed by atoms with Crippen LogP contribution in [0.3, 0.4) is 0 Å². The number of nitrogens with zero attached hydrogens (tertiary/aromatic N) is 1. The van der Waals surface area contributed by atoms with E-state index in [1.54, 1.807) is 0 Å². The molecule has 0 unspecified atom stereocenters. The second kappa shape index (κ2) is 4.08. The Kier molecular flexibility index (Phi) is 3.07. The zero-order valence-corrected chi connectivity index (χ0v) is 7.84. The van der Waals surface area contributed by atoms with E-state index in [-0.39, 0.29) is 18.4 Å². The summed E-state index contributed by atoms with van der Waals surface area (Å²) in [6.07, 6.45) is 1.92. The molecule has 1 rings (SSSR count). The summed E-state index contributed by atoms with van der Waals surface area (Å²) in [5, 5.41) is 11.1. The van der Waals surface area contributed by atoms with Crippen LogP contribution in [-0.2, 0) is 4.79 Å². The molecule has 0 aliphatic heterocycles. The van der Waals surface area contributed by atoms with Gasteiger partial charge in [0, 0.05) is 6.04 Å². The molecule has 0 aromatic heterocycles. The molecule has 13 heavy (non-hydrogen) atoms. The number of nitrogens with one attached hydrogen (secondary N) is 1.